The Kier molecular flexibility index (Phi) is 2.00. The van der Waals surface area contributed by atoms with Crippen molar-refractivity contribution in [2.45, 2.75) is 24.8 Å². The second-order valence-corrected chi connectivity index (χ2v) is 5.20. The Bertz CT molecular complexity index is 597. The van der Waals surface area contributed by atoms with E-state index in [4.69, 9.17) is 9.47 Å². The van der Waals surface area contributed by atoms with Crippen molar-refractivity contribution in [3.05, 3.63) is 23.3 Å². The maximum atomic E-state index is 11.9. The molecule has 1 amide bonds. The molecule has 0 N–H and O–H groups in total. The van der Waals surface area contributed by atoms with E-state index in [0.29, 0.717) is 25.1 Å². The Labute approximate surface area is 110 Å². The first-order valence-electron chi connectivity index (χ1n) is 6.44. The maximum absolute atomic E-state index is 11.9. The Hall–Kier alpha value is -2.04. The second-order valence-electron chi connectivity index (χ2n) is 5.20. The summed E-state index contributed by atoms with van der Waals surface area (Å²) < 4.78 is 10.8. The van der Waals surface area contributed by atoms with Gasteiger partial charge in [-0.1, -0.05) is 0 Å². The number of hydrogen-bond donors (Lipinski definition) is 0. The van der Waals surface area contributed by atoms with Crippen molar-refractivity contribution < 1.29 is 19.1 Å². The number of carbonyl (C=O) groups is 2. The standard InChI is InChI=1S/C14H13NO4/c16-7-14-3-1-13(17)15(14)4-2-9-5-11-12(6-10(9)14)19-8-18-11/h5-7H,1-4,8H2. The summed E-state index contributed by atoms with van der Waals surface area (Å²) in [4.78, 5) is 25.3. The van der Waals surface area contributed by atoms with E-state index in [9.17, 15) is 9.59 Å². The van der Waals surface area contributed by atoms with Crippen LogP contribution in [0.1, 0.15) is 24.0 Å². The van der Waals surface area contributed by atoms with Crippen LogP contribution in [0.15, 0.2) is 12.1 Å². The zero-order valence-corrected chi connectivity index (χ0v) is 10.3. The SMILES string of the molecule is O=CC12CCC(=O)N1CCc1cc3c(cc12)OCO3. The van der Waals surface area contributed by atoms with Crippen molar-refractivity contribution in [3.63, 3.8) is 0 Å². The summed E-state index contributed by atoms with van der Waals surface area (Å²) in [5.74, 6) is 1.47. The fourth-order valence-electron chi connectivity index (χ4n) is 3.41. The van der Waals surface area contributed by atoms with Crippen molar-refractivity contribution >= 4 is 12.2 Å². The largest absolute Gasteiger partial charge is 0.454 e. The number of hydrogen-bond acceptors (Lipinski definition) is 4. The van der Waals surface area contributed by atoms with E-state index in [1.54, 1.807) is 4.90 Å². The van der Waals surface area contributed by atoms with Crippen LogP contribution in [0.2, 0.25) is 0 Å². The summed E-state index contributed by atoms with van der Waals surface area (Å²) in [6, 6.07) is 3.82. The van der Waals surface area contributed by atoms with Crippen LogP contribution in [0.25, 0.3) is 0 Å². The summed E-state index contributed by atoms with van der Waals surface area (Å²) in [5.41, 5.74) is 1.21. The molecule has 98 valence electrons. The van der Waals surface area contributed by atoms with Crippen molar-refractivity contribution in [2.75, 3.05) is 13.3 Å². The van der Waals surface area contributed by atoms with Crippen LogP contribution in [0.5, 0.6) is 11.5 Å². The normalized spacial score (nSPS) is 27.2. The van der Waals surface area contributed by atoms with Crippen molar-refractivity contribution in [3.8, 4) is 11.5 Å². The average Bonchev–Trinajstić information content (AvgIpc) is 3.01. The molecule has 3 heterocycles. The van der Waals surface area contributed by atoms with E-state index in [0.717, 1.165) is 29.6 Å². The van der Waals surface area contributed by atoms with E-state index in [-0.39, 0.29) is 12.7 Å². The van der Waals surface area contributed by atoms with Crippen LogP contribution in [0.4, 0.5) is 0 Å². The van der Waals surface area contributed by atoms with Gasteiger partial charge in [-0.2, -0.15) is 0 Å². The first-order chi connectivity index (χ1) is 9.24. The van der Waals surface area contributed by atoms with E-state index in [1.165, 1.54) is 0 Å². The third kappa shape index (κ3) is 1.25. The van der Waals surface area contributed by atoms with Crippen molar-refractivity contribution in [1.82, 2.24) is 4.90 Å². The Balaban J connectivity index is 1.93. The highest BCUT2D eigenvalue weighted by atomic mass is 16.7. The minimum atomic E-state index is -0.786. The highest BCUT2D eigenvalue weighted by molar-refractivity contribution is 5.88. The lowest BCUT2D eigenvalue weighted by Gasteiger charge is -2.39. The number of aldehydes is 1. The highest BCUT2D eigenvalue weighted by Crippen LogP contribution is 2.47. The minimum absolute atomic E-state index is 0.0652. The van der Waals surface area contributed by atoms with Crippen LogP contribution >= 0.6 is 0 Å². The molecule has 1 atom stereocenters. The van der Waals surface area contributed by atoms with Crippen molar-refractivity contribution in [2.24, 2.45) is 0 Å². The Morgan fingerprint density at radius 1 is 1.21 bits per heavy atom. The molecule has 0 bridgehead atoms. The second kappa shape index (κ2) is 3.50. The molecule has 1 aromatic rings. The molecule has 19 heavy (non-hydrogen) atoms. The van der Waals surface area contributed by atoms with E-state index in [2.05, 4.69) is 0 Å². The number of amides is 1. The summed E-state index contributed by atoms with van der Waals surface area (Å²) in [6.45, 7) is 0.819. The molecule has 0 radical (unpaired) electrons. The Morgan fingerprint density at radius 3 is 2.79 bits per heavy atom. The lowest BCUT2D eigenvalue weighted by molar-refractivity contribution is -0.136. The molecule has 3 aliphatic heterocycles. The monoisotopic (exact) mass is 259 g/mol. The number of carbonyl (C=O) groups excluding carboxylic acids is 2. The van der Waals surface area contributed by atoms with Gasteiger partial charge in [0.25, 0.3) is 0 Å². The van der Waals surface area contributed by atoms with Gasteiger partial charge in [0.15, 0.2) is 11.5 Å². The first kappa shape index (κ1) is 10.8. The minimum Gasteiger partial charge on any atom is -0.454 e. The predicted octanol–water partition coefficient (Wildman–Crippen LogP) is 0.988. The van der Waals surface area contributed by atoms with Gasteiger partial charge in [-0.3, -0.25) is 4.79 Å². The van der Waals surface area contributed by atoms with Gasteiger partial charge in [0, 0.05) is 13.0 Å². The molecule has 5 nitrogen and oxygen atoms in total. The molecular weight excluding hydrogens is 246 g/mol. The highest BCUT2D eigenvalue weighted by Gasteiger charge is 2.50. The number of fused-ring (bicyclic) bond motifs is 4. The molecular formula is C14H13NO4. The van der Waals surface area contributed by atoms with Gasteiger partial charge in [-0.15, -0.1) is 0 Å². The fraction of sp³-hybridized carbons (Fsp3) is 0.429. The van der Waals surface area contributed by atoms with E-state index >= 15 is 0 Å². The quantitative estimate of drug-likeness (QED) is 0.706. The number of rotatable bonds is 1. The molecule has 0 saturated carbocycles. The first-order valence-corrected chi connectivity index (χ1v) is 6.44. The van der Waals surface area contributed by atoms with Gasteiger partial charge in [0.05, 0.1) is 0 Å². The van der Waals surface area contributed by atoms with Crippen LogP contribution in [0.3, 0.4) is 0 Å². The third-order valence-electron chi connectivity index (χ3n) is 4.37. The van der Waals surface area contributed by atoms with E-state index in [1.807, 2.05) is 12.1 Å². The molecule has 1 saturated heterocycles. The number of nitrogens with zero attached hydrogens (tertiary/aromatic N) is 1. The van der Waals surface area contributed by atoms with Gasteiger partial charge in [0.2, 0.25) is 12.7 Å². The molecule has 3 aliphatic rings. The Morgan fingerprint density at radius 2 is 2.00 bits per heavy atom. The fourth-order valence-corrected chi connectivity index (χ4v) is 3.41. The van der Waals surface area contributed by atoms with E-state index < -0.39 is 5.54 Å². The smallest absolute Gasteiger partial charge is 0.231 e. The lowest BCUT2D eigenvalue weighted by atomic mass is 9.81. The molecule has 1 unspecified atom stereocenters. The van der Waals surface area contributed by atoms with Crippen LogP contribution < -0.4 is 9.47 Å². The summed E-state index contributed by atoms with van der Waals surface area (Å²) >= 11 is 0. The molecule has 4 rings (SSSR count). The van der Waals surface area contributed by atoms with Crippen LogP contribution in [-0.4, -0.2) is 30.4 Å². The summed E-state index contributed by atoms with van der Waals surface area (Å²) in [5, 5.41) is 0. The zero-order valence-electron chi connectivity index (χ0n) is 10.3. The molecule has 1 fully saturated rings. The zero-order chi connectivity index (χ0) is 13.0. The number of benzene rings is 1. The summed E-state index contributed by atoms with van der Waals surface area (Å²) in [6.07, 6.45) is 2.67. The summed E-state index contributed by atoms with van der Waals surface area (Å²) in [7, 11) is 0. The third-order valence-corrected chi connectivity index (χ3v) is 4.37. The van der Waals surface area contributed by atoms with Crippen LogP contribution in [0, 0.1) is 0 Å². The van der Waals surface area contributed by atoms with Crippen molar-refractivity contribution in [1.29, 1.82) is 0 Å². The topological polar surface area (TPSA) is 55.8 Å². The average molecular weight is 259 g/mol. The van der Waals surface area contributed by atoms with Crippen LogP contribution in [-0.2, 0) is 21.5 Å². The molecule has 1 aromatic carbocycles. The molecule has 0 aliphatic carbocycles. The van der Waals surface area contributed by atoms with Gasteiger partial charge < -0.3 is 19.2 Å². The lowest BCUT2D eigenvalue weighted by Crippen LogP contribution is -2.49. The molecule has 0 aromatic heterocycles. The van der Waals surface area contributed by atoms with Gasteiger partial charge in [0.1, 0.15) is 11.8 Å². The number of ether oxygens (including phenoxy) is 2. The van der Waals surface area contributed by atoms with Gasteiger partial charge in [-0.05, 0) is 36.1 Å². The maximum Gasteiger partial charge on any atom is 0.231 e. The van der Waals surface area contributed by atoms with Gasteiger partial charge >= 0.3 is 0 Å². The predicted molar refractivity (Wildman–Crippen MR) is 65.0 cm³/mol. The molecule has 0 spiro atoms. The van der Waals surface area contributed by atoms with Gasteiger partial charge in [-0.25, -0.2) is 0 Å². The molecule has 5 heteroatoms.